The highest BCUT2D eigenvalue weighted by molar-refractivity contribution is 6.01. The van der Waals surface area contributed by atoms with Crippen molar-refractivity contribution in [2.75, 3.05) is 17.2 Å². The van der Waals surface area contributed by atoms with Gasteiger partial charge < -0.3 is 30.9 Å². The van der Waals surface area contributed by atoms with Gasteiger partial charge in [-0.05, 0) is 61.9 Å². The number of para-hydroxylation sites is 1. The first-order valence-corrected chi connectivity index (χ1v) is 14.8. The molecule has 11 nitrogen and oxygen atoms in total. The zero-order chi connectivity index (χ0) is 31.1. The Morgan fingerprint density at radius 2 is 1.51 bits per heavy atom. The van der Waals surface area contributed by atoms with Crippen LogP contribution in [0.2, 0.25) is 0 Å². The molecule has 2 fully saturated rings. The summed E-state index contributed by atoms with van der Waals surface area (Å²) in [6.45, 7) is 5.48. The van der Waals surface area contributed by atoms with Gasteiger partial charge in [-0.1, -0.05) is 57.0 Å². The average molecular weight is 592 g/mol. The largest absolute Gasteiger partial charge is 0.481 e. The fourth-order valence-corrected chi connectivity index (χ4v) is 5.99. The minimum absolute atomic E-state index is 0.0448. The molecule has 0 aromatic heterocycles. The number of carbonyl (C=O) groups excluding carboxylic acids is 4. The van der Waals surface area contributed by atoms with Crippen molar-refractivity contribution < 1.29 is 29.1 Å². The van der Waals surface area contributed by atoms with E-state index in [2.05, 4.69) is 16.0 Å². The number of hydrogen-bond donors (Lipinski definition) is 4. The summed E-state index contributed by atoms with van der Waals surface area (Å²) < 4.78 is 0. The van der Waals surface area contributed by atoms with Crippen molar-refractivity contribution in [2.45, 2.75) is 83.5 Å². The molecule has 2 aliphatic rings. The van der Waals surface area contributed by atoms with Gasteiger partial charge in [0.15, 0.2) is 5.78 Å². The number of aliphatic carboxylic acids is 1. The topological polar surface area (TPSA) is 148 Å². The van der Waals surface area contributed by atoms with E-state index in [0.717, 1.165) is 18.4 Å². The molecule has 43 heavy (non-hydrogen) atoms. The molecular formula is C32H41N5O6. The third kappa shape index (κ3) is 7.71. The average Bonchev–Trinajstić information content (AvgIpc) is 3.44. The third-order valence-corrected chi connectivity index (χ3v) is 8.08. The SMILES string of the molecule is CC(C)C[C@@H](C(=O)N[C@H](C)CC(=O)O)N1CC(=O)C2(CCCC2)N(Cc2ccc(NC(=O)Nc3ccccc3)cc2)C1=O. The van der Waals surface area contributed by atoms with Crippen LogP contribution in [0.1, 0.15) is 64.9 Å². The van der Waals surface area contributed by atoms with Crippen LogP contribution >= 0.6 is 0 Å². The van der Waals surface area contributed by atoms with Crippen molar-refractivity contribution >= 4 is 41.1 Å². The van der Waals surface area contributed by atoms with Crippen LogP contribution in [-0.4, -0.2) is 68.8 Å². The zero-order valence-electron chi connectivity index (χ0n) is 25.0. The molecule has 1 aliphatic heterocycles. The van der Waals surface area contributed by atoms with Crippen molar-refractivity contribution in [3.05, 3.63) is 60.2 Å². The van der Waals surface area contributed by atoms with Crippen molar-refractivity contribution in [1.29, 1.82) is 0 Å². The predicted octanol–water partition coefficient (Wildman–Crippen LogP) is 4.84. The number of nitrogens with zero attached hydrogens (tertiary/aromatic N) is 2. The lowest BCUT2D eigenvalue weighted by atomic mass is 9.86. The Morgan fingerprint density at radius 3 is 2.09 bits per heavy atom. The van der Waals surface area contributed by atoms with E-state index in [0.29, 0.717) is 30.6 Å². The Balaban J connectivity index is 1.53. The number of rotatable bonds is 11. The number of anilines is 2. The van der Waals surface area contributed by atoms with Gasteiger partial charge in [-0.25, -0.2) is 9.59 Å². The molecule has 1 heterocycles. The molecule has 1 saturated carbocycles. The summed E-state index contributed by atoms with van der Waals surface area (Å²) in [5.74, 6) is -1.54. The van der Waals surface area contributed by atoms with Crippen LogP contribution in [0.5, 0.6) is 0 Å². The Labute approximate surface area is 252 Å². The summed E-state index contributed by atoms with van der Waals surface area (Å²) in [7, 11) is 0. The molecule has 5 amide bonds. The molecule has 2 atom stereocenters. The van der Waals surface area contributed by atoms with Crippen molar-refractivity contribution in [3.63, 3.8) is 0 Å². The molecule has 0 bridgehead atoms. The van der Waals surface area contributed by atoms with Crippen LogP contribution in [0.25, 0.3) is 0 Å². The molecule has 230 valence electrons. The van der Waals surface area contributed by atoms with Gasteiger partial charge in [-0.3, -0.25) is 14.4 Å². The summed E-state index contributed by atoms with van der Waals surface area (Å²) in [5, 5.41) is 17.4. The summed E-state index contributed by atoms with van der Waals surface area (Å²) >= 11 is 0. The maximum Gasteiger partial charge on any atom is 0.323 e. The Kier molecular flexibility index (Phi) is 10.1. The number of amides is 5. The summed E-state index contributed by atoms with van der Waals surface area (Å²) in [6.07, 6.45) is 2.88. The van der Waals surface area contributed by atoms with Crippen LogP contribution in [0.3, 0.4) is 0 Å². The number of benzene rings is 2. The van der Waals surface area contributed by atoms with E-state index in [4.69, 9.17) is 5.11 Å². The number of ketones is 1. The summed E-state index contributed by atoms with van der Waals surface area (Å²) in [5.41, 5.74) is 1.09. The van der Waals surface area contributed by atoms with Crippen molar-refractivity contribution in [3.8, 4) is 0 Å². The van der Waals surface area contributed by atoms with Gasteiger partial charge in [-0.15, -0.1) is 0 Å². The molecule has 0 radical (unpaired) electrons. The number of hydrogen-bond acceptors (Lipinski definition) is 5. The van der Waals surface area contributed by atoms with E-state index in [1.165, 1.54) is 4.90 Å². The number of Topliss-reactive ketones (excluding diaryl/α,β-unsaturated/α-hetero) is 1. The standard InChI is InChI=1S/C32H41N5O6/c1-21(2)17-26(29(41)33-22(3)18-28(39)40)36-20-27(38)32(15-7-8-16-32)37(31(36)43)19-23-11-13-25(14-12-23)35-30(42)34-24-9-5-4-6-10-24/h4-6,9-14,21-22,26H,7-8,15-20H2,1-3H3,(H,33,41)(H,39,40)(H2,34,35,42)/t22-,26+/m1/s1. The lowest BCUT2D eigenvalue weighted by molar-refractivity contribution is -0.138. The van der Waals surface area contributed by atoms with Gasteiger partial charge in [0.25, 0.3) is 0 Å². The van der Waals surface area contributed by atoms with Crippen LogP contribution in [0, 0.1) is 5.92 Å². The van der Waals surface area contributed by atoms with E-state index >= 15 is 0 Å². The monoisotopic (exact) mass is 591 g/mol. The van der Waals surface area contributed by atoms with E-state index in [-0.39, 0.29) is 43.3 Å². The highest BCUT2D eigenvalue weighted by atomic mass is 16.4. The molecule has 1 aliphatic carbocycles. The van der Waals surface area contributed by atoms with Gasteiger partial charge in [0.1, 0.15) is 11.6 Å². The zero-order valence-corrected chi connectivity index (χ0v) is 25.0. The highest BCUT2D eigenvalue weighted by Crippen LogP contribution is 2.41. The van der Waals surface area contributed by atoms with Gasteiger partial charge >= 0.3 is 18.0 Å². The molecule has 4 rings (SSSR count). The Morgan fingerprint density at radius 1 is 0.907 bits per heavy atom. The number of urea groups is 2. The Bertz CT molecular complexity index is 1320. The molecule has 2 aromatic rings. The fraction of sp³-hybridized carbons (Fsp3) is 0.469. The van der Waals surface area contributed by atoms with Crippen molar-refractivity contribution in [2.24, 2.45) is 5.92 Å². The fourth-order valence-electron chi connectivity index (χ4n) is 5.99. The number of carboxylic acid groups (broad SMARTS) is 1. The second-order valence-corrected chi connectivity index (χ2v) is 12.0. The van der Waals surface area contributed by atoms with E-state index in [9.17, 15) is 24.0 Å². The molecular weight excluding hydrogens is 550 g/mol. The first-order chi connectivity index (χ1) is 20.5. The first-order valence-electron chi connectivity index (χ1n) is 14.8. The summed E-state index contributed by atoms with van der Waals surface area (Å²) in [4.78, 5) is 67.9. The molecule has 2 aromatic carbocycles. The maximum absolute atomic E-state index is 14.2. The predicted molar refractivity (Wildman–Crippen MR) is 162 cm³/mol. The quantitative estimate of drug-likeness (QED) is 0.294. The Hall–Kier alpha value is -4.41. The molecule has 4 N–H and O–H groups in total. The van der Waals surface area contributed by atoms with E-state index < -0.39 is 29.5 Å². The molecule has 1 spiro atoms. The highest BCUT2D eigenvalue weighted by Gasteiger charge is 2.54. The molecule has 0 unspecified atom stereocenters. The van der Waals surface area contributed by atoms with Gasteiger partial charge in [0.2, 0.25) is 5.91 Å². The lowest BCUT2D eigenvalue weighted by Crippen LogP contribution is -2.69. The lowest BCUT2D eigenvalue weighted by Gasteiger charge is -2.49. The third-order valence-electron chi connectivity index (χ3n) is 8.08. The van der Waals surface area contributed by atoms with Gasteiger partial charge in [0.05, 0.1) is 13.0 Å². The first kappa shape index (κ1) is 31.5. The van der Waals surface area contributed by atoms with Crippen LogP contribution in [-0.2, 0) is 20.9 Å². The van der Waals surface area contributed by atoms with Gasteiger partial charge in [0, 0.05) is 24.0 Å². The van der Waals surface area contributed by atoms with Crippen LogP contribution in [0.15, 0.2) is 54.6 Å². The smallest absolute Gasteiger partial charge is 0.323 e. The number of carbonyl (C=O) groups is 5. The van der Waals surface area contributed by atoms with Crippen LogP contribution < -0.4 is 16.0 Å². The van der Waals surface area contributed by atoms with Crippen molar-refractivity contribution in [1.82, 2.24) is 15.1 Å². The van der Waals surface area contributed by atoms with E-state index in [1.54, 1.807) is 36.1 Å². The minimum atomic E-state index is -1.04. The second-order valence-electron chi connectivity index (χ2n) is 12.0. The summed E-state index contributed by atoms with van der Waals surface area (Å²) in [6, 6.07) is 13.9. The maximum atomic E-state index is 14.2. The molecule has 11 heteroatoms. The number of nitrogens with one attached hydrogen (secondary N) is 3. The number of carboxylic acids is 1. The normalized spacial score (nSPS) is 17.6. The minimum Gasteiger partial charge on any atom is -0.481 e. The second kappa shape index (κ2) is 13.7. The van der Waals surface area contributed by atoms with E-state index in [1.807, 2.05) is 44.2 Å². The molecule has 1 saturated heterocycles. The van der Waals surface area contributed by atoms with Gasteiger partial charge in [-0.2, -0.15) is 0 Å². The van der Waals surface area contributed by atoms with Crippen LogP contribution in [0.4, 0.5) is 21.0 Å².